The molecule has 3 amide bonds. The van der Waals surface area contributed by atoms with E-state index in [0.29, 0.717) is 45.2 Å². The fourth-order valence-electron chi connectivity index (χ4n) is 4.44. The topological polar surface area (TPSA) is 206 Å². The molecular weight excluding hydrogens is 490 g/mol. The number of hydrogen-bond donors (Lipinski definition) is 6. The Hall–Kier alpha value is -3.67. The third-order valence-corrected chi connectivity index (χ3v) is 6.36. The first kappa shape index (κ1) is 30.6. The highest BCUT2D eigenvalue weighted by molar-refractivity contribution is 5.94. The number of carbonyl (C=O) groups is 4. The van der Waals surface area contributed by atoms with E-state index in [1.165, 1.54) is 4.90 Å². The highest BCUT2D eigenvalue weighted by atomic mass is 16.4. The molecule has 1 saturated heterocycles. The van der Waals surface area contributed by atoms with Crippen LogP contribution in [0.4, 0.5) is 0 Å². The van der Waals surface area contributed by atoms with Crippen LogP contribution < -0.4 is 27.8 Å². The van der Waals surface area contributed by atoms with E-state index in [0.717, 1.165) is 5.56 Å². The van der Waals surface area contributed by atoms with Crippen LogP contribution >= 0.6 is 0 Å². The fraction of sp³-hybridized carbons (Fsp3) is 0.577. The molecule has 9 N–H and O–H groups in total. The molecule has 4 atom stereocenters. The first-order valence-corrected chi connectivity index (χ1v) is 13.0. The smallest absolute Gasteiger partial charge is 0.326 e. The van der Waals surface area contributed by atoms with E-state index in [-0.39, 0.29) is 24.2 Å². The standard InChI is InChI=1S/C26H41N7O5/c1-16(2)14-19(31-22(34)18(27)10-6-12-30-26(28)29)24(36)33-13-7-11-21(33)23(35)32-20(25(37)38)15-17-8-4-3-5-9-17/h3-5,8-9,16,18-21H,6-7,10-15,27H2,1-2H3,(H,31,34)(H,32,35)(H,37,38)(H4,28,29,30). The second-order valence-corrected chi connectivity index (χ2v) is 10.0. The van der Waals surface area contributed by atoms with Crippen molar-refractivity contribution in [1.82, 2.24) is 15.5 Å². The van der Waals surface area contributed by atoms with Crippen molar-refractivity contribution in [2.24, 2.45) is 28.1 Å². The number of carboxylic acid groups (broad SMARTS) is 1. The van der Waals surface area contributed by atoms with E-state index < -0.39 is 42.0 Å². The molecule has 12 heteroatoms. The lowest BCUT2D eigenvalue weighted by molar-refractivity contribution is -0.145. The van der Waals surface area contributed by atoms with Crippen molar-refractivity contribution in [3.63, 3.8) is 0 Å². The predicted molar refractivity (Wildman–Crippen MR) is 144 cm³/mol. The Kier molecular flexibility index (Phi) is 12.0. The molecule has 1 aliphatic rings. The molecule has 0 radical (unpaired) electrons. The van der Waals surface area contributed by atoms with Crippen molar-refractivity contribution < 1.29 is 24.3 Å². The van der Waals surface area contributed by atoms with Gasteiger partial charge in [0.1, 0.15) is 18.1 Å². The molecular formula is C26H41N7O5. The number of hydrogen-bond acceptors (Lipinski definition) is 6. The summed E-state index contributed by atoms with van der Waals surface area (Å²) >= 11 is 0. The lowest BCUT2D eigenvalue weighted by Crippen LogP contribution is -2.57. The fourth-order valence-corrected chi connectivity index (χ4v) is 4.44. The van der Waals surface area contributed by atoms with Gasteiger partial charge in [-0.2, -0.15) is 0 Å². The zero-order valence-electron chi connectivity index (χ0n) is 22.1. The van der Waals surface area contributed by atoms with Crippen molar-refractivity contribution in [3.05, 3.63) is 35.9 Å². The number of carboxylic acids is 1. The van der Waals surface area contributed by atoms with Crippen LogP contribution in [0.2, 0.25) is 0 Å². The minimum atomic E-state index is -1.16. The summed E-state index contributed by atoms with van der Waals surface area (Å²) in [6.45, 7) is 4.53. The number of nitrogens with two attached hydrogens (primary N) is 3. The Bertz CT molecular complexity index is 981. The molecule has 1 fully saturated rings. The van der Waals surface area contributed by atoms with Crippen LogP contribution in [0.1, 0.15) is 51.5 Å². The summed E-state index contributed by atoms with van der Waals surface area (Å²) < 4.78 is 0. The molecule has 0 aliphatic carbocycles. The molecule has 1 heterocycles. The van der Waals surface area contributed by atoms with Crippen LogP contribution in [-0.2, 0) is 25.6 Å². The first-order chi connectivity index (χ1) is 18.0. The summed E-state index contributed by atoms with van der Waals surface area (Å²) in [4.78, 5) is 56.6. The van der Waals surface area contributed by atoms with Gasteiger partial charge in [-0.25, -0.2) is 4.79 Å². The SMILES string of the molecule is CC(C)CC(NC(=O)C(N)CCCN=C(N)N)C(=O)N1CCCC1C(=O)NC(Cc1ccccc1)C(=O)O. The highest BCUT2D eigenvalue weighted by Crippen LogP contribution is 2.21. The van der Waals surface area contributed by atoms with E-state index >= 15 is 0 Å². The van der Waals surface area contributed by atoms with Crippen molar-refractivity contribution in [2.45, 2.75) is 76.5 Å². The molecule has 1 aromatic carbocycles. The minimum absolute atomic E-state index is 0.0374. The summed E-state index contributed by atoms with van der Waals surface area (Å²) in [5.41, 5.74) is 17.4. The molecule has 4 unspecified atom stereocenters. The van der Waals surface area contributed by atoms with Gasteiger partial charge in [0, 0.05) is 19.5 Å². The Labute approximate surface area is 223 Å². The molecule has 1 aliphatic heterocycles. The summed E-state index contributed by atoms with van der Waals surface area (Å²) in [7, 11) is 0. The Morgan fingerprint density at radius 1 is 1.11 bits per heavy atom. The molecule has 0 saturated carbocycles. The lowest BCUT2D eigenvalue weighted by Gasteiger charge is -2.30. The average molecular weight is 532 g/mol. The number of nitrogens with one attached hydrogen (secondary N) is 2. The van der Waals surface area contributed by atoms with Crippen LogP contribution in [0.3, 0.4) is 0 Å². The van der Waals surface area contributed by atoms with Gasteiger partial charge in [-0.05, 0) is 43.6 Å². The predicted octanol–water partition coefficient (Wildman–Crippen LogP) is -0.299. The summed E-state index contributed by atoms with van der Waals surface area (Å²) in [5.74, 6) is -2.49. The second-order valence-electron chi connectivity index (χ2n) is 10.0. The molecule has 0 bridgehead atoms. The van der Waals surface area contributed by atoms with Gasteiger partial charge in [0.25, 0.3) is 0 Å². The van der Waals surface area contributed by atoms with Crippen LogP contribution in [0.25, 0.3) is 0 Å². The molecule has 12 nitrogen and oxygen atoms in total. The van der Waals surface area contributed by atoms with Gasteiger partial charge >= 0.3 is 5.97 Å². The zero-order valence-corrected chi connectivity index (χ0v) is 22.1. The number of nitrogens with zero attached hydrogens (tertiary/aromatic N) is 2. The molecule has 0 spiro atoms. The summed E-state index contributed by atoms with van der Waals surface area (Å²) in [5, 5.41) is 15.0. The second kappa shape index (κ2) is 14.9. The Balaban J connectivity index is 2.06. The summed E-state index contributed by atoms with van der Waals surface area (Å²) in [6, 6.07) is 5.34. The molecule has 210 valence electrons. The third-order valence-electron chi connectivity index (χ3n) is 6.36. The van der Waals surface area contributed by atoms with E-state index in [9.17, 15) is 24.3 Å². The number of aliphatic imine (C=N–C) groups is 1. The third kappa shape index (κ3) is 9.66. The Morgan fingerprint density at radius 2 is 1.79 bits per heavy atom. The summed E-state index contributed by atoms with van der Waals surface area (Å²) in [6.07, 6.45) is 2.31. The van der Waals surface area contributed by atoms with Gasteiger partial charge in [0.05, 0.1) is 6.04 Å². The molecule has 2 rings (SSSR count). The first-order valence-electron chi connectivity index (χ1n) is 13.0. The number of rotatable bonds is 14. The van der Waals surface area contributed by atoms with Gasteiger partial charge in [-0.3, -0.25) is 19.4 Å². The van der Waals surface area contributed by atoms with E-state index in [2.05, 4.69) is 15.6 Å². The van der Waals surface area contributed by atoms with Gasteiger partial charge in [0.2, 0.25) is 17.7 Å². The lowest BCUT2D eigenvalue weighted by atomic mass is 10.0. The maximum absolute atomic E-state index is 13.5. The van der Waals surface area contributed by atoms with Gasteiger partial charge in [0.15, 0.2) is 5.96 Å². The van der Waals surface area contributed by atoms with Crippen molar-refractivity contribution in [3.8, 4) is 0 Å². The number of likely N-dealkylation sites (tertiary alicyclic amines) is 1. The maximum atomic E-state index is 13.5. The van der Waals surface area contributed by atoms with Gasteiger partial charge in [-0.1, -0.05) is 44.2 Å². The minimum Gasteiger partial charge on any atom is -0.480 e. The van der Waals surface area contributed by atoms with Crippen molar-refractivity contribution in [1.29, 1.82) is 0 Å². The number of aliphatic carboxylic acids is 1. The molecule has 1 aromatic rings. The quantitative estimate of drug-likeness (QED) is 0.106. The largest absolute Gasteiger partial charge is 0.480 e. The monoisotopic (exact) mass is 531 g/mol. The highest BCUT2D eigenvalue weighted by Gasteiger charge is 2.39. The van der Waals surface area contributed by atoms with E-state index in [1.807, 2.05) is 19.9 Å². The van der Waals surface area contributed by atoms with Crippen molar-refractivity contribution in [2.75, 3.05) is 13.1 Å². The van der Waals surface area contributed by atoms with Crippen LogP contribution in [-0.4, -0.2) is 76.9 Å². The van der Waals surface area contributed by atoms with Gasteiger partial charge < -0.3 is 37.8 Å². The number of amides is 3. The number of benzene rings is 1. The maximum Gasteiger partial charge on any atom is 0.326 e. The zero-order chi connectivity index (χ0) is 28.2. The normalized spacial score (nSPS) is 17.4. The average Bonchev–Trinajstić information content (AvgIpc) is 3.35. The van der Waals surface area contributed by atoms with E-state index in [4.69, 9.17) is 17.2 Å². The van der Waals surface area contributed by atoms with E-state index in [1.54, 1.807) is 24.3 Å². The van der Waals surface area contributed by atoms with Gasteiger partial charge in [-0.15, -0.1) is 0 Å². The molecule has 0 aromatic heterocycles. The number of guanidine groups is 1. The number of carbonyl (C=O) groups excluding carboxylic acids is 3. The van der Waals surface area contributed by atoms with Crippen molar-refractivity contribution >= 4 is 29.7 Å². The van der Waals surface area contributed by atoms with Crippen LogP contribution in [0.15, 0.2) is 35.3 Å². The Morgan fingerprint density at radius 3 is 2.39 bits per heavy atom. The van der Waals surface area contributed by atoms with Crippen LogP contribution in [0, 0.1) is 5.92 Å². The molecule has 38 heavy (non-hydrogen) atoms. The van der Waals surface area contributed by atoms with Crippen LogP contribution in [0.5, 0.6) is 0 Å².